The number of hydrogen-bond acceptors (Lipinski definition) is 5. The van der Waals surface area contributed by atoms with Gasteiger partial charge in [0.15, 0.2) is 0 Å². The molecule has 1 saturated carbocycles. The molecule has 0 amide bonds. The average molecular weight is 401 g/mol. The minimum atomic E-state index is -0.990. The lowest BCUT2D eigenvalue weighted by Gasteiger charge is -2.15. The largest absolute Gasteiger partial charge is 1.00 e. The number of aldehydes is 1. The highest BCUT2D eigenvalue weighted by molar-refractivity contribution is 5.76. The molecule has 0 spiro atoms. The van der Waals surface area contributed by atoms with Crippen LogP contribution in [0.15, 0.2) is 54.6 Å². The Kier molecular flexibility index (Phi) is 12.2. The summed E-state index contributed by atoms with van der Waals surface area (Å²) in [6.45, 7) is 0.327. The molecular weight excluding hydrogens is 366 g/mol. The van der Waals surface area contributed by atoms with E-state index in [1.807, 2.05) is 42.5 Å². The van der Waals surface area contributed by atoms with Crippen LogP contribution in [-0.2, 0) is 4.79 Å². The van der Waals surface area contributed by atoms with E-state index in [4.69, 9.17) is 22.3 Å². The van der Waals surface area contributed by atoms with E-state index in [0.29, 0.717) is 24.6 Å². The third kappa shape index (κ3) is 10.5. The van der Waals surface area contributed by atoms with Crippen LogP contribution in [0.1, 0.15) is 50.3 Å². The normalized spacial score (nSPS) is 14.4. The van der Waals surface area contributed by atoms with E-state index in [2.05, 4.69) is 12.1 Å². The van der Waals surface area contributed by atoms with Crippen LogP contribution in [0.2, 0.25) is 0 Å². The van der Waals surface area contributed by atoms with Crippen LogP contribution in [0, 0.1) is 0 Å². The first-order chi connectivity index (χ1) is 14.0. The zero-order valence-corrected chi connectivity index (χ0v) is 16.9. The monoisotopic (exact) mass is 400 g/mol. The highest BCUT2D eigenvalue weighted by Crippen LogP contribution is 2.18. The molecule has 7 N–H and O–H groups in total. The predicted octanol–water partition coefficient (Wildman–Crippen LogP) is 3.30. The SMILES string of the molecule is NC1CCCCC1.NCC[C@H](N)C(=O)O.O=Cc1ccc(-c2ccccc2)cc1.[H+]. The molecule has 0 bridgehead atoms. The first kappa shape index (κ1) is 24.5. The molecule has 0 aromatic heterocycles. The Morgan fingerprint density at radius 3 is 1.97 bits per heavy atom. The summed E-state index contributed by atoms with van der Waals surface area (Å²) in [5, 5.41) is 8.13. The number of nitrogens with two attached hydrogens (primary N) is 3. The van der Waals surface area contributed by atoms with Crippen molar-refractivity contribution in [3.63, 3.8) is 0 Å². The van der Waals surface area contributed by atoms with Gasteiger partial charge in [-0.3, -0.25) is 9.59 Å². The number of carboxylic acids is 1. The molecule has 1 aliphatic rings. The van der Waals surface area contributed by atoms with E-state index in [-0.39, 0.29) is 1.43 Å². The zero-order valence-electron chi connectivity index (χ0n) is 17.9. The van der Waals surface area contributed by atoms with Crippen molar-refractivity contribution in [1.82, 2.24) is 0 Å². The molecule has 0 saturated heterocycles. The molecule has 1 atom stereocenters. The Morgan fingerprint density at radius 2 is 1.59 bits per heavy atom. The van der Waals surface area contributed by atoms with Crippen molar-refractivity contribution in [2.45, 2.75) is 50.6 Å². The molecule has 6 nitrogen and oxygen atoms in total. The van der Waals surface area contributed by atoms with Crippen LogP contribution in [0.5, 0.6) is 0 Å². The Bertz CT molecular complexity index is 705. The third-order valence-corrected chi connectivity index (χ3v) is 4.60. The maximum Gasteiger partial charge on any atom is 1.00 e. The minimum Gasteiger partial charge on any atom is -0.480 e. The summed E-state index contributed by atoms with van der Waals surface area (Å²) in [4.78, 5) is 20.4. The van der Waals surface area contributed by atoms with Crippen LogP contribution in [0.4, 0.5) is 0 Å². The van der Waals surface area contributed by atoms with E-state index in [1.165, 1.54) is 37.7 Å². The van der Waals surface area contributed by atoms with Gasteiger partial charge >= 0.3 is 7.40 Å². The van der Waals surface area contributed by atoms with Crippen molar-refractivity contribution in [2.75, 3.05) is 6.54 Å². The number of carbonyl (C=O) groups is 2. The Morgan fingerprint density at radius 1 is 1.03 bits per heavy atom. The lowest BCUT2D eigenvalue weighted by atomic mass is 9.97. The second-order valence-corrected chi connectivity index (χ2v) is 7.03. The van der Waals surface area contributed by atoms with Crippen LogP contribution in [0.25, 0.3) is 11.1 Å². The minimum absolute atomic E-state index is 0. The Hall–Kier alpha value is -2.54. The summed E-state index contributed by atoms with van der Waals surface area (Å²) in [5.41, 5.74) is 18.7. The van der Waals surface area contributed by atoms with Gasteiger partial charge in [0, 0.05) is 11.6 Å². The highest BCUT2D eigenvalue weighted by atomic mass is 16.4. The Balaban J connectivity index is 0.000000452. The van der Waals surface area contributed by atoms with Crippen LogP contribution >= 0.6 is 0 Å². The molecule has 6 heteroatoms. The van der Waals surface area contributed by atoms with Gasteiger partial charge in [-0.1, -0.05) is 73.9 Å². The summed E-state index contributed by atoms with van der Waals surface area (Å²) in [6, 6.07) is 17.4. The predicted molar refractivity (Wildman–Crippen MR) is 119 cm³/mol. The van der Waals surface area contributed by atoms with Gasteiger partial charge in [-0.2, -0.15) is 0 Å². The van der Waals surface area contributed by atoms with E-state index in [9.17, 15) is 9.59 Å². The second-order valence-electron chi connectivity index (χ2n) is 7.03. The van der Waals surface area contributed by atoms with E-state index in [1.54, 1.807) is 0 Å². The van der Waals surface area contributed by atoms with Gasteiger partial charge in [-0.15, -0.1) is 0 Å². The van der Waals surface area contributed by atoms with Gasteiger partial charge in [0.1, 0.15) is 12.3 Å². The van der Waals surface area contributed by atoms with Crippen molar-refractivity contribution in [1.29, 1.82) is 0 Å². The molecule has 2 aromatic carbocycles. The van der Waals surface area contributed by atoms with E-state index < -0.39 is 12.0 Å². The number of hydrogen-bond donors (Lipinski definition) is 4. The molecule has 0 aliphatic heterocycles. The molecular formula is C23H34N3O3+. The number of aliphatic carboxylic acids is 1. The lowest BCUT2D eigenvalue weighted by molar-refractivity contribution is -0.138. The fourth-order valence-corrected chi connectivity index (χ4v) is 2.82. The fraction of sp³-hybridized carbons (Fsp3) is 0.391. The van der Waals surface area contributed by atoms with Gasteiger partial charge < -0.3 is 22.3 Å². The molecule has 2 aromatic rings. The van der Waals surface area contributed by atoms with Crippen molar-refractivity contribution in [2.24, 2.45) is 17.2 Å². The summed E-state index contributed by atoms with van der Waals surface area (Å²) >= 11 is 0. The summed E-state index contributed by atoms with van der Waals surface area (Å²) in [7, 11) is 0. The molecule has 0 radical (unpaired) electrons. The first-order valence-electron chi connectivity index (χ1n) is 10.0. The van der Waals surface area contributed by atoms with Crippen LogP contribution in [-0.4, -0.2) is 36.0 Å². The number of carboxylic acid groups (broad SMARTS) is 1. The smallest absolute Gasteiger partial charge is 0.480 e. The number of rotatable bonds is 5. The number of carbonyl (C=O) groups excluding carboxylic acids is 1. The van der Waals surface area contributed by atoms with Crippen LogP contribution < -0.4 is 17.2 Å². The van der Waals surface area contributed by atoms with Gasteiger partial charge in [0.2, 0.25) is 0 Å². The van der Waals surface area contributed by atoms with Crippen molar-refractivity contribution in [3.8, 4) is 11.1 Å². The standard InChI is InChI=1S/C13H10O.C6H13N.C4H10N2O2/c14-10-11-6-8-13(9-7-11)12-4-2-1-3-5-12;7-6-4-2-1-3-5-6;5-2-1-3(6)4(7)8/h1-10H;6H,1-5,7H2;3H,1-2,5-6H2,(H,7,8)/p+1/t;;3-/m..0/s1. The zero-order chi connectivity index (χ0) is 21.5. The molecule has 158 valence electrons. The van der Waals surface area contributed by atoms with Crippen molar-refractivity contribution < 1.29 is 16.1 Å². The first-order valence-corrected chi connectivity index (χ1v) is 10.0. The lowest BCUT2D eigenvalue weighted by Crippen LogP contribution is -2.32. The van der Waals surface area contributed by atoms with Gasteiger partial charge in [0.25, 0.3) is 0 Å². The summed E-state index contributed by atoms with van der Waals surface area (Å²) in [5.74, 6) is -0.990. The third-order valence-electron chi connectivity index (χ3n) is 4.60. The van der Waals surface area contributed by atoms with E-state index >= 15 is 0 Å². The molecule has 0 heterocycles. The van der Waals surface area contributed by atoms with Crippen molar-refractivity contribution in [3.05, 3.63) is 60.2 Å². The Labute approximate surface area is 174 Å². The van der Waals surface area contributed by atoms with Gasteiger partial charge in [0.05, 0.1) is 0 Å². The fourth-order valence-electron chi connectivity index (χ4n) is 2.82. The van der Waals surface area contributed by atoms with Crippen molar-refractivity contribution >= 4 is 12.3 Å². The quantitative estimate of drug-likeness (QED) is 0.569. The molecule has 3 rings (SSSR count). The average Bonchev–Trinajstić information content (AvgIpc) is 2.76. The maximum absolute atomic E-state index is 10.5. The maximum atomic E-state index is 10.5. The molecule has 0 unspecified atom stereocenters. The summed E-state index contributed by atoms with van der Waals surface area (Å²) < 4.78 is 0. The topological polar surface area (TPSA) is 132 Å². The number of benzene rings is 2. The highest BCUT2D eigenvalue weighted by Gasteiger charge is 2.08. The van der Waals surface area contributed by atoms with Gasteiger partial charge in [-0.25, -0.2) is 0 Å². The van der Waals surface area contributed by atoms with E-state index in [0.717, 1.165) is 11.8 Å². The molecule has 29 heavy (non-hydrogen) atoms. The summed E-state index contributed by atoms with van der Waals surface area (Å²) in [6.07, 6.45) is 7.86. The van der Waals surface area contributed by atoms with Crippen LogP contribution in [0.3, 0.4) is 0 Å². The molecule has 1 fully saturated rings. The molecule has 1 aliphatic carbocycles. The second kappa shape index (κ2) is 14.5. The van der Waals surface area contributed by atoms with Gasteiger partial charge in [-0.05, 0) is 36.9 Å².